The van der Waals surface area contributed by atoms with Gasteiger partial charge in [0.05, 0.1) is 19.1 Å². The third-order valence-electron chi connectivity index (χ3n) is 2.66. The van der Waals surface area contributed by atoms with E-state index < -0.39 is 0 Å². The van der Waals surface area contributed by atoms with Gasteiger partial charge in [-0.15, -0.1) is 0 Å². The van der Waals surface area contributed by atoms with Crippen molar-refractivity contribution in [2.75, 3.05) is 12.4 Å². The summed E-state index contributed by atoms with van der Waals surface area (Å²) in [6, 6.07) is 10.0. The SMILES string of the molecule is COc1ccc(Br)c(NC(C)Cc2ccco2)c1. The van der Waals surface area contributed by atoms with Crippen LogP contribution in [-0.2, 0) is 6.42 Å². The molecule has 1 aromatic carbocycles. The second-order valence-corrected chi connectivity index (χ2v) is 5.03. The lowest BCUT2D eigenvalue weighted by Gasteiger charge is -2.16. The minimum Gasteiger partial charge on any atom is -0.497 e. The fraction of sp³-hybridized carbons (Fsp3) is 0.286. The minimum atomic E-state index is 0.277. The molecule has 3 nitrogen and oxygen atoms in total. The van der Waals surface area contributed by atoms with Crippen LogP contribution in [0.5, 0.6) is 5.75 Å². The predicted octanol–water partition coefficient (Wildman–Crippen LogP) is 4.09. The van der Waals surface area contributed by atoms with E-state index >= 15 is 0 Å². The van der Waals surface area contributed by atoms with E-state index in [1.165, 1.54) is 0 Å². The molecule has 0 radical (unpaired) electrons. The van der Waals surface area contributed by atoms with Gasteiger partial charge >= 0.3 is 0 Å². The lowest BCUT2D eigenvalue weighted by atomic mass is 10.2. The number of furan rings is 1. The van der Waals surface area contributed by atoms with E-state index in [1.807, 2.05) is 30.3 Å². The van der Waals surface area contributed by atoms with Crippen LogP contribution in [0.1, 0.15) is 12.7 Å². The van der Waals surface area contributed by atoms with Crippen LogP contribution in [0.15, 0.2) is 45.5 Å². The molecule has 1 unspecified atom stereocenters. The van der Waals surface area contributed by atoms with Crippen LogP contribution in [0.3, 0.4) is 0 Å². The van der Waals surface area contributed by atoms with Crippen molar-refractivity contribution in [3.63, 3.8) is 0 Å². The van der Waals surface area contributed by atoms with Crippen molar-refractivity contribution in [1.82, 2.24) is 0 Å². The molecule has 1 heterocycles. The van der Waals surface area contributed by atoms with Crippen molar-refractivity contribution in [2.24, 2.45) is 0 Å². The van der Waals surface area contributed by atoms with Crippen molar-refractivity contribution in [1.29, 1.82) is 0 Å². The quantitative estimate of drug-likeness (QED) is 0.903. The largest absolute Gasteiger partial charge is 0.497 e. The molecule has 0 aliphatic carbocycles. The number of benzene rings is 1. The zero-order valence-corrected chi connectivity index (χ0v) is 12.0. The van der Waals surface area contributed by atoms with Crippen molar-refractivity contribution in [3.05, 3.63) is 46.8 Å². The fourth-order valence-electron chi connectivity index (χ4n) is 1.79. The number of methoxy groups -OCH3 is 1. The van der Waals surface area contributed by atoms with Crippen LogP contribution >= 0.6 is 15.9 Å². The number of hydrogen-bond donors (Lipinski definition) is 1. The summed E-state index contributed by atoms with van der Waals surface area (Å²) in [5.74, 6) is 1.82. The van der Waals surface area contributed by atoms with Crippen molar-refractivity contribution in [2.45, 2.75) is 19.4 Å². The average Bonchev–Trinajstić information content (AvgIpc) is 2.84. The van der Waals surface area contributed by atoms with E-state index in [9.17, 15) is 0 Å². The summed E-state index contributed by atoms with van der Waals surface area (Å²) in [5, 5.41) is 3.44. The summed E-state index contributed by atoms with van der Waals surface area (Å²) >= 11 is 3.52. The maximum Gasteiger partial charge on any atom is 0.121 e. The monoisotopic (exact) mass is 309 g/mol. The average molecular weight is 310 g/mol. The Morgan fingerprint density at radius 2 is 2.22 bits per heavy atom. The van der Waals surface area contributed by atoms with E-state index in [1.54, 1.807) is 13.4 Å². The highest BCUT2D eigenvalue weighted by molar-refractivity contribution is 9.10. The van der Waals surface area contributed by atoms with Crippen LogP contribution in [0.4, 0.5) is 5.69 Å². The van der Waals surface area contributed by atoms with Crippen molar-refractivity contribution >= 4 is 21.6 Å². The van der Waals surface area contributed by atoms with E-state index in [2.05, 4.69) is 28.2 Å². The molecule has 1 aromatic heterocycles. The maximum absolute atomic E-state index is 5.34. The number of anilines is 1. The smallest absolute Gasteiger partial charge is 0.121 e. The summed E-state index contributed by atoms with van der Waals surface area (Å²) in [7, 11) is 1.67. The zero-order chi connectivity index (χ0) is 13.0. The predicted molar refractivity (Wildman–Crippen MR) is 76.2 cm³/mol. The lowest BCUT2D eigenvalue weighted by molar-refractivity contribution is 0.415. The summed E-state index contributed by atoms with van der Waals surface area (Å²) < 4.78 is 11.6. The van der Waals surface area contributed by atoms with Gasteiger partial charge in [-0.05, 0) is 47.1 Å². The van der Waals surface area contributed by atoms with Crippen LogP contribution in [-0.4, -0.2) is 13.2 Å². The number of nitrogens with one attached hydrogen (secondary N) is 1. The minimum absolute atomic E-state index is 0.277. The summed E-state index contributed by atoms with van der Waals surface area (Å²) in [6.07, 6.45) is 2.54. The Morgan fingerprint density at radius 1 is 1.39 bits per heavy atom. The third kappa shape index (κ3) is 3.29. The van der Waals surface area contributed by atoms with Gasteiger partial charge in [0.2, 0.25) is 0 Å². The van der Waals surface area contributed by atoms with E-state index in [4.69, 9.17) is 9.15 Å². The van der Waals surface area contributed by atoms with E-state index in [0.717, 1.165) is 28.1 Å². The molecule has 0 bridgehead atoms. The van der Waals surface area contributed by atoms with Gasteiger partial charge in [0.15, 0.2) is 0 Å². The number of hydrogen-bond acceptors (Lipinski definition) is 3. The first-order valence-electron chi connectivity index (χ1n) is 5.81. The molecular formula is C14H16BrNO2. The van der Waals surface area contributed by atoms with Gasteiger partial charge in [0.25, 0.3) is 0 Å². The highest BCUT2D eigenvalue weighted by Gasteiger charge is 2.08. The molecule has 96 valence electrons. The Hall–Kier alpha value is -1.42. The van der Waals surface area contributed by atoms with Gasteiger partial charge in [-0.2, -0.15) is 0 Å². The zero-order valence-electron chi connectivity index (χ0n) is 10.4. The summed E-state index contributed by atoms with van der Waals surface area (Å²) in [5.41, 5.74) is 1.02. The molecule has 0 amide bonds. The molecular weight excluding hydrogens is 294 g/mol. The molecule has 0 aliphatic rings. The maximum atomic E-state index is 5.34. The second-order valence-electron chi connectivity index (χ2n) is 4.17. The van der Waals surface area contributed by atoms with Gasteiger partial charge in [-0.3, -0.25) is 0 Å². The Bertz CT molecular complexity index is 497. The number of ether oxygens (including phenoxy) is 1. The van der Waals surface area contributed by atoms with Gasteiger partial charge in [-0.1, -0.05) is 0 Å². The van der Waals surface area contributed by atoms with E-state index in [0.29, 0.717) is 0 Å². The second kappa shape index (κ2) is 5.96. The molecule has 0 saturated heterocycles. The van der Waals surface area contributed by atoms with Crippen LogP contribution in [0.2, 0.25) is 0 Å². The van der Waals surface area contributed by atoms with Gasteiger partial charge in [-0.25, -0.2) is 0 Å². The standard InChI is InChI=1S/C14H16BrNO2/c1-10(8-12-4-3-7-18-12)16-14-9-11(17-2)5-6-13(14)15/h3-7,9-10,16H,8H2,1-2H3. The van der Waals surface area contributed by atoms with Gasteiger partial charge < -0.3 is 14.5 Å². The molecule has 18 heavy (non-hydrogen) atoms. The molecule has 4 heteroatoms. The molecule has 1 N–H and O–H groups in total. The van der Waals surface area contributed by atoms with E-state index in [-0.39, 0.29) is 6.04 Å². The first kappa shape index (κ1) is 13.0. The molecule has 0 spiro atoms. The number of rotatable bonds is 5. The van der Waals surface area contributed by atoms with Crippen molar-refractivity contribution in [3.8, 4) is 5.75 Å². The molecule has 0 fully saturated rings. The summed E-state index contributed by atoms with van der Waals surface area (Å²) in [6.45, 7) is 2.12. The summed E-state index contributed by atoms with van der Waals surface area (Å²) in [4.78, 5) is 0. The van der Waals surface area contributed by atoms with Crippen LogP contribution in [0.25, 0.3) is 0 Å². The number of halogens is 1. The molecule has 2 rings (SSSR count). The third-order valence-corrected chi connectivity index (χ3v) is 3.35. The van der Waals surface area contributed by atoms with Crippen LogP contribution in [0, 0.1) is 0 Å². The first-order valence-corrected chi connectivity index (χ1v) is 6.61. The van der Waals surface area contributed by atoms with Crippen LogP contribution < -0.4 is 10.1 Å². The Balaban J connectivity index is 2.04. The molecule has 0 aliphatic heterocycles. The lowest BCUT2D eigenvalue weighted by Crippen LogP contribution is -2.18. The highest BCUT2D eigenvalue weighted by atomic mass is 79.9. The Labute approximate surface area is 115 Å². The molecule has 2 aromatic rings. The van der Waals surface area contributed by atoms with Crippen molar-refractivity contribution < 1.29 is 9.15 Å². The molecule has 0 saturated carbocycles. The Kier molecular flexibility index (Phi) is 4.31. The van der Waals surface area contributed by atoms with Gasteiger partial charge in [0.1, 0.15) is 11.5 Å². The van der Waals surface area contributed by atoms with Gasteiger partial charge in [0, 0.05) is 23.0 Å². The highest BCUT2D eigenvalue weighted by Crippen LogP contribution is 2.28. The normalized spacial score (nSPS) is 12.2. The first-order chi connectivity index (χ1) is 8.69. The topological polar surface area (TPSA) is 34.4 Å². The fourth-order valence-corrected chi connectivity index (χ4v) is 2.15. The molecule has 1 atom stereocenters. The Morgan fingerprint density at radius 3 is 2.89 bits per heavy atom.